The Balaban J connectivity index is 1.71. The zero-order chi connectivity index (χ0) is 17.5. The summed E-state index contributed by atoms with van der Waals surface area (Å²) in [6.45, 7) is 1.59. The quantitative estimate of drug-likeness (QED) is 0.760. The van der Waals surface area contributed by atoms with Gasteiger partial charge in [-0.3, -0.25) is 4.79 Å². The van der Waals surface area contributed by atoms with E-state index in [-0.39, 0.29) is 23.9 Å². The van der Waals surface area contributed by atoms with Crippen molar-refractivity contribution in [2.75, 3.05) is 13.1 Å². The second kappa shape index (κ2) is 9.44. The number of hydrogen-bond acceptors (Lipinski definition) is 2. The summed E-state index contributed by atoms with van der Waals surface area (Å²) in [6.07, 6.45) is 14.4. The van der Waals surface area contributed by atoms with Crippen LogP contribution >= 0.6 is 0 Å². The van der Waals surface area contributed by atoms with E-state index in [0.29, 0.717) is 6.04 Å². The van der Waals surface area contributed by atoms with E-state index >= 15 is 0 Å². The highest BCUT2D eigenvalue weighted by Crippen LogP contribution is 2.30. The normalized spacial score (nSPS) is 29.9. The van der Waals surface area contributed by atoms with Gasteiger partial charge in [-0.1, -0.05) is 44.9 Å². The minimum absolute atomic E-state index is 0.0241. The number of amides is 3. The molecule has 3 amide bonds. The van der Waals surface area contributed by atoms with Crippen LogP contribution in [0.5, 0.6) is 0 Å². The van der Waals surface area contributed by atoms with Crippen molar-refractivity contribution in [1.82, 2.24) is 15.5 Å². The predicted molar refractivity (Wildman–Crippen MR) is 99.3 cm³/mol. The van der Waals surface area contributed by atoms with E-state index in [1.165, 1.54) is 19.3 Å². The molecule has 2 N–H and O–H groups in total. The fourth-order valence-corrected chi connectivity index (χ4v) is 4.82. The zero-order valence-electron chi connectivity index (χ0n) is 15.6. The van der Waals surface area contributed by atoms with Gasteiger partial charge in [0, 0.05) is 25.2 Å². The smallest absolute Gasteiger partial charge is 0.317 e. The van der Waals surface area contributed by atoms with Gasteiger partial charge in [0.25, 0.3) is 0 Å². The average Bonchev–Trinajstić information content (AvgIpc) is 2.67. The number of carbonyl (C=O) groups is 2. The topological polar surface area (TPSA) is 61.4 Å². The molecule has 2 atom stereocenters. The Morgan fingerprint density at radius 2 is 1.56 bits per heavy atom. The van der Waals surface area contributed by atoms with E-state index in [1.807, 2.05) is 4.90 Å². The molecule has 0 aromatic heterocycles. The van der Waals surface area contributed by atoms with Gasteiger partial charge in [-0.15, -0.1) is 0 Å². The standard InChI is InChI=1S/C20H35N3O2/c24-19-17-12-6-7-13-18(17)23(15-9-2-1-8-14-21-19)20(25)22-16-10-4-3-5-11-16/h16-18H,1-15H2,(H,21,24)(H,22,25)/t17-,18+/m1/s1. The third-order valence-electron chi connectivity index (χ3n) is 6.29. The van der Waals surface area contributed by atoms with Crippen LogP contribution in [0.3, 0.4) is 0 Å². The van der Waals surface area contributed by atoms with Crippen molar-refractivity contribution in [2.45, 2.75) is 95.6 Å². The first-order valence-corrected chi connectivity index (χ1v) is 10.6. The maximum Gasteiger partial charge on any atom is 0.317 e. The Morgan fingerprint density at radius 1 is 0.880 bits per heavy atom. The molecule has 0 unspecified atom stereocenters. The highest BCUT2D eigenvalue weighted by Gasteiger charge is 2.37. The van der Waals surface area contributed by atoms with Gasteiger partial charge in [0.05, 0.1) is 5.92 Å². The van der Waals surface area contributed by atoms with Gasteiger partial charge in [-0.25, -0.2) is 4.79 Å². The zero-order valence-corrected chi connectivity index (χ0v) is 15.6. The molecule has 142 valence electrons. The summed E-state index contributed by atoms with van der Waals surface area (Å²) in [4.78, 5) is 27.8. The summed E-state index contributed by atoms with van der Waals surface area (Å²) < 4.78 is 0. The highest BCUT2D eigenvalue weighted by atomic mass is 16.2. The molecule has 1 saturated heterocycles. The molecular formula is C20H35N3O2. The second-order valence-corrected chi connectivity index (χ2v) is 8.14. The molecule has 2 saturated carbocycles. The van der Waals surface area contributed by atoms with Gasteiger partial charge >= 0.3 is 6.03 Å². The molecule has 0 radical (unpaired) electrons. The molecule has 5 nitrogen and oxygen atoms in total. The van der Waals surface area contributed by atoms with Crippen molar-refractivity contribution in [3.63, 3.8) is 0 Å². The van der Waals surface area contributed by atoms with Gasteiger partial charge in [0.1, 0.15) is 0 Å². The van der Waals surface area contributed by atoms with Gasteiger partial charge < -0.3 is 15.5 Å². The monoisotopic (exact) mass is 349 g/mol. The molecular weight excluding hydrogens is 314 g/mol. The minimum Gasteiger partial charge on any atom is -0.356 e. The average molecular weight is 350 g/mol. The molecule has 3 aliphatic rings. The Labute approximate surface area is 152 Å². The molecule has 3 fully saturated rings. The lowest BCUT2D eigenvalue weighted by Gasteiger charge is -2.40. The van der Waals surface area contributed by atoms with Crippen LogP contribution in [-0.4, -0.2) is 42.0 Å². The number of carbonyl (C=O) groups excluding carboxylic acids is 2. The van der Waals surface area contributed by atoms with Crippen LogP contribution in [0, 0.1) is 5.92 Å². The van der Waals surface area contributed by atoms with Crippen LogP contribution in [0.2, 0.25) is 0 Å². The molecule has 0 aromatic rings. The number of fused-ring (bicyclic) bond motifs is 1. The Kier molecular flexibility index (Phi) is 7.00. The van der Waals surface area contributed by atoms with Crippen LogP contribution in [0.1, 0.15) is 83.5 Å². The van der Waals surface area contributed by atoms with E-state index in [9.17, 15) is 9.59 Å². The maximum atomic E-state index is 13.1. The van der Waals surface area contributed by atoms with Crippen molar-refractivity contribution in [3.8, 4) is 0 Å². The van der Waals surface area contributed by atoms with Crippen molar-refractivity contribution in [2.24, 2.45) is 5.92 Å². The molecule has 1 heterocycles. The molecule has 3 rings (SSSR count). The summed E-state index contributed by atoms with van der Waals surface area (Å²) >= 11 is 0. The Morgan fingerprint density at radius 3 is 2.40 bits per heavy atom. The van der Waals surface area contributed by atoms with Gasteiger partial charge in [0.2, 0.25) is 5.91 Å². The molecule has 0 bridgehead atoms. The first-order valence-electron chi connectivity index (χ1n) is 10.6. The first kappa shape index (κ1) is 18.5. The SMILES string of the molecule is O=C1NCCCCCCN(C(=O)NC2CCCCC2)[C@H]2CCCC[C@@H]12. The number of hydrogen-bond donors (Lipinski definition) is 2. The van der Waals surface area contributed by atoms with Crippen LogP contribution in [0.25, 0.3) is 0 Å². The van der Waals surface area contributed by atoms with Crippen LogP contribution < -0.4 is 10.6 Å². The molecule has 2 aliphatic carbocycles. The second-order valence-electron chi connectivity index (χ2n) is 8.14. The first-order chi connectivity index (χ1) is 12.3. The maximum absolute atomic E-state index is 13.1. The molecule has 25 heavy (non-hydrogen) atoms. The predicted octanol–water partition coefficient (Wildman–Crippen LogP) is 3.58. The largest absolute Gasteiger partial charge is 0.356 e. The number of rotatable bonds is 1. The van der Waals surface area contributed by atoms with E-state index in [1.54, 1.807) is 0 Å². The summed E-state index contributed by atoms with van der Waals surface area (Å²) in [7, 11) is 0. The highest BCUT2D eigenvalue weighted by molar-refractivity contribution is 5.81. The lowest BCUT2D eigenvalue weighted by Crippen LogP contribution is -2.55. The van der Waals surface area contributed by atoms with Crippen LogP contribution in [-0.2, 0) is 4.79 Å². The molecule has 1 aliphatic heterocycles. The summed E-state index contributed by atoms with van der Waals surface area (Å²) in [5, 5.41) is 6.41. The Hall–Kier alpha value is -1.26. The van der Waals surface area contributed by atoms with E-state index < -0.39 is 0 Å². The third-order valence-corrected chi connectivity index (χ3v) is 6.29. The van der Waals surface area contributed by atoms with Crippen LogP contribution in [0.4, 0.5) is 4.79 Å². The van der Waals surface area contributed by atoms with Gasteiger partial charge in [-0.2, -0.15) is 0 Å². The molecule has 0 aromatic carbocycles. The summed E-state index contributed by atoms with van der Waals surface area (Å²) in [5.41, 5.74) is 0. The van der Waals surface area contributed by atoms with Crippen molar-refractivity contribution in [1.29, 1.82) is 0 Å². The van der Waals surface area contributed by atoms with E-state index in [0.717, 1.165) is 77.3 Å². The van der Waals surface area contributed by atoms with Gasteiger partial charge in [0.15, 0.2) is 0 Å². The van der Waals surface area contributed by atoms with Crippen LogP contribution in [0.15, 0.2) is 0 Å². The number of nitrogens with zero attached hydrogens (tertiary/aromatic N) is 1. The van der Waals surface area contributed by atoms with Crippen molar-refractivity contribution >= 4 is 11.9 Å². The fraction of sp³-hybridized carbons (Fsp3) is 0.900. The lowest BCUT2D eigenvalue weighted by atomic mass is 9.82. The molecule has 5 heteroatoms. The summed E-state index contributed by atoms with van der Waals surface area (Å²) in [5.74, 6) is 0.144. The van der Waals surface area contributed by atoms with Crippen molar-refractivity contribution in [3.05, 3.63) is 0 Å². The third kappa shape index (κ3) is 5.11. The van der Waals surface area contributed by atoms with E-state index in [2.05, 4.69) is 10.6 Å². The fourth-order valence-electron chi connectivity index (χ4n) is 4.82. The minimum atomic E-state index is -0.0241. The van der Waals surface area contributed by atoms with Gasteiger partial charge in [-0.05, 0) is 38.5 Å². The number of urea groups is 1. The summed E-state index contributed by atoms with van der Waals surface area (Å²) in [6, 6.07) is 0.488. The lowest BCUT2D eigenvalue weighted by molar-refractivity contribution is -0.127. The molecule has 0 spiro atoms. The number of nitrogens with one attached hydrogen (secondary N) is 2. The van der Waals surface area contributed by atoms with Crippen molar-refractivity contribution < 1.29 is 9.59 Å². The Bertz CT molecular complexity index is 448. The van der Waals surface area contributed by atoms with E-state index in [4.69, 9.17) is 0 Å².